The molecule has 4 aromatic carbocycles. The van der Waals surface area contributed by atoms with Gasteiger partial charge in [-0.1, -0.05) is 42.5 Å². The SMILES string of the molecule is COc1ccc(C(=O)Nc2ccc(C)c(C)c2)cc1COc1cccc2ccccc12. The molecule has 0 atom stereocenters. The van der Waals surface area contributed by atoms with Crippen LogP contribution in [0.4, 0.5) is 5.69 Å². The summed E-state index contributed by atoms with van der Waals surface area (Å²) in [6.07, 6.45) is 0. The van der Waals surface area contributed by atoms with Gasteiger partial charge >= 0.3 is 0 Å². The largest absolute Gasteiger partial charge is 0.496 e. The number of nitrogens with one attached hydrogen (secondary N) is 1. The van der Waals surface area contributed by atoms with Crippen molar-refractivity contribution in [3.05, 3.63) is 101 Å². The highest BCUT2D eigenvalue weighted by molar-refractivity contribution is 6.04. The molecule has 4 nitrogen and oxygen atoms in total. The van der Waals surface area contributed by atoms with Crippen molar-refractivity contribution in [3.8, 4) is 11.5 Å². The Bertz CT molecular complexity index is 1240. The van der Waals surface area contributed by atoms with Gasteiger partial charge < -0.3 is 14.8 Å². The van der Waals surface area contributed by atoms with E-state index in [0.29, 0.717) is 17.9 Å². The van der Waals surface area contributed by atoms with Gasteiger partial charge in [-0.2, -0.15) is 0 Å². The van der Waals surface area contributed by atoms with Gasteiger partial charge in [0, 0.05) is 22.2 Å². The van der Waals surface area contributed by atoms with Crippen molar-refractivity contribution in [2.75, 3.05) is 12.4 Å². The molecule has 0 aliphatic heterocycles. The minimum Gasteiger partial charge on any atom is -0.496 e. The zero-order chi connectivity index (χ0) is 21.8. The molecule has 0 fully saturated rings. The molecule has 4 rings (SSSR count). The highest BCUT2D eigenvalue weighted by Gasteiger charge is 2.12. The molecule has 0 aliphatic rings. The summed E-state index contributed by atoms with van der Waals surface area (Å²) < 4.78 is 11.6. The van der Waals surface area contributed by atoms with Crippen LogP contribution in [0, 0.1) is 13.8 Å². The predicted octanol–water partition coefficient (Wildman–Crippen LogP) is 6.30. The van der Waals surface area contributed by atoms with Gasteiger partial charge in [0.2, 0.25) is 0 Å². The van der Waals surface area contributed by atoms with Crippen LogP contribution in [0.15, 0.2) is 78.9 Å². The maximum absolute atomic E-state index is 12.8. The third-order valence-corrected chi connectivity index (χ3v) is 5.44. The van der Waals surface area contributed by atoms with Crippen molar-refractivity contribution in [3.63, 3.8) is 0 Å². The summed E-state index contributed by atoms with van der Waals surface area (Å²) in [7, 11) is 1.62. The monoisotopic (exact) mass is 411 g/mol. The second-order valence-corrected chi connectivity index (χ2v) is 7.55. The third kappa shape index (κ3) is 4.53. The zero-order valence-electron chi connectivity index (χ0n) is 17.9. The number of carbonyl (C=O) groups excluding carboxylic acids is 1. The van der Waals surface area contributed by atoms with E-state index in [0.717, 1.165) is 33.3 Å². The second kappa shape index (κ2) is 8.92. The molecule has 4 heteroatoms. The molecule has 1 amide bonds. The molecule has 0 spiro atoms. The quantitative estimate of drug-likeness (QED) is 0.405. The summed E-state index contributed by atoms with van der Waals surface area (Å²) in [4.78, 5) is 12.8. The molecule has 0 saturated heterocycles. The lowest BCUT2D eigenvalue weighted by atomic mass is 10.1. The number of fused-ring (bicyclic) bond motifs is 1. The van der Waals surface area contributed by atoms with Crippen LogP contribution in [0.25, 0.3) is 10.8 Å². The molecule has 0 radical (unpaired) electrons. The summed E-state index contributed by atoms with van der Waals surface area (Å²) in [5.41, 5.74) is 4.46. The molecule has 156 valence electrons. The number of hydrogen-bond acceptors (Lipinski definition) is 3. The Morgan fingerprint density at radius 2 is 1.65 bits per heavy atom. The lowest BCUT2D eigenvalue weighted by Crippen LogP contribution is -2.13. The van der Waals surface area contributed by atoms with Crippen molar-refractivity contribution >= 4 is 22.4 Å². The van der Waals surface area contributed by atoms with Crippen molar-refractivity contribution in [2.24, 2.45) is 0 Å². The topological polar surface area (TPSA) is 47.6 Å². The van der Waals surface area contributed by atoms with Crippen LogP contribution in [0.3, 0.4) is 0 Å². The average molecular weight is 412 g/mol. The molecular weight excluding hydrogens is 386 g/mol. The number of hydrogen-bond donors (Lipinski definition) is 1. The van der Waals surface area contributed by atoms with E-state index in [2.05, 4.69) is 17.4 Å². The molecule has 0 aliphatic carbocycles. The number of benzene rings is 4. The van der Waals surface area contributed by atoms with E-state index in [1.54, 1.807) is 19.2 Å². The van der Waals surface area contributed by atoms with Crippen molar-refractivity contribution in [1.82, 2.24) is 0 Å². The van der Waals surface area contributed by atoms with Gasteiger partial charge in [0.1, 0.15) is 18.1 Å². The third-order valence-electron chi connectivity index (χ3n) is 5.44. The predicted molar refractivity (Wildman–Crippen MR) is 125 cm³/mol. The zero-order valence-corrected chi connectivity index (χ0v) is 17.9. The van der Waals surface area contributed by atoms with Gasteiger partial charge in [-0.25, -0.2) is 0 Å². The summed E-state index contributed by atoms with van der Waals surface area (Å²) >= 11 is 0. The molecule has 0 aromatic heterocycles. The van der Waals surface area contributed by atoms with Gasteiger partial charge in [-0.3, -0.25) is 4.79 Å². The Morgan fingerprint density at radius 3 is 2.45 bits per heavy atom. The van der Waals surface area contributed by atoms with E-state index < -0.39 is 0 Å². The van der Waals surface area contributed by atoms with Gasteiger partial charge in [-0.05, 0) is 66.8 Å². The number of amides is 1. The summed E-state index contributed by atoms with van der Waals surface area (Å²) in [5, 5.41) is 5.14. The Morgan fingerprint density at radius 1 is 0.839 bits per heavy atom. The lowest BCUT2D eigenvalue weighted by Gasteiger charge is -2.14. The Kier molecular flexibility index (Phi) is 5.89. The first kappa shape index (κ1) is 20.5. The second-order valence-electron chi connectivity index (χ2n) is 7.55. The molecule has 0 unspecified atom stereocenters. The number of ether oxygens (including phenoxy) is 2. The fourth-order valence-corrected chi connectivity index (χ4v) is 3.53. The van der Waals surface area contributed by atoms with Gasteiger partial charge in [0.15, 0.2) is 0 Å². The van der Waals surface area contributed by atoms with Gasteiger partial charge in [-0.15, -0.1) is 0 Å². The van der Waals surface area contributed by atoms with Crippen molar-refractivity contribution < 1.29 is 14.3 Å². The number of anilines is 1. The van der Waals surface area contributed by atoms with E-state index in [9.17, 15) is 4.79 Å². The fourth-order valence-electron chi connectivity index (χ4n) is 3.53. The number of aryl methyl sites for hydroxylation is 2. The smallest absolute Gasteiger partial charge is 0.255 e. The number of carbonyl (C=O) groups is 1. The molecule has 1 N–H and O–H groups in total. The average Bonchev–Trinajstić information content (AvgIpc) is 2.79. The van der Waals surface area contributed by atoms with Crippen molar-refractivity contribution in [1.29, 1.82) is 0 Å². The molecule has 0 saturated carbocycles. The molecule has 0 heterocycles. The van der Waals surface area contributed by atoms with Crippen molar-refractivity contribution in [2.45, 2.75) is 20.5 Å². The van der Waals surface area contributed by atoms with Crippen LogP contribution in [0.1, 0.15) is 27.0 Å². The van der Waals surface area contributed by atoms with E-state index >= 15 is 0 Å². The minimum absolute atomic E-state index is 0.169. The van der Waals surface area contributed by atoms with Crippen LogP contribution >= 0.6 is 0 Å². The highest BCUT2D eigenvalue weighted by Crippen LogP contribution is 2.28. The molecule has 4 aromatic rings. The van der Waals surface area contributed by atoms with Crippen LogP contribution in [0.2, 0.25) is 0 Å². The number of rotatable bonds is 6. The van der Waals surface area contributed by atoms with Gasteiger partial charge in [0.05, 0.1) is 7.11 Å². The van der Waals surface area contributed by atoms with Crippen LogP contribution in [0.5, 0.6) is 11.5 Å². The summed E-state index contributed by atoms with van der Waals surface area (Å²) in [6.45, 7) is 4.37. The Balaban J connectivity index is 1.55. The van der Waals surface area contributed by atoms with E-state index in [4.69, 9.17) is 9.47 Å². The fraction of sp³-hybridized carbons (Fsp3) is 0.148. The highest BCUT2D eigenvalue weighted by atomic mass is 16.5. The summed E-state index contributed by atoms with van der Waals surface area (Å²) in [6, 6.07) is 25.3. The minimum atomic E-state index is -0.169. The van der Waals surface area contributed by atoms with Crippen LogP contribution in [-0.2, 0) is 6.61 Å². The van der Waals surface area contributed by atoms with Crippen LogP contribution in [-0.4, -0.2) is 13.0 Å². The summed E-state index contributed by atoms with van der Waals surface area (Å²) in [5.74, 6) is 1.31. The Labute approximate surface area is 182 Å². The first-order valence-electron chi connectivity index (χ1n) is 10.2. The van der Waals surface area contributed by atoms with Crippen LogP contribution < -0.4 is 14.8 Å². The lowest BCUT2D eigenvalue weighted by molar-refractivity contribution is 0.102. The molecular formula is C27H25NO3. The molecule has 0 bridgehead atoms. The maximum Gasteiger partial charge on any atom is 0.255 e. The maximum atomic E-state index is 12.8. The molecule has 31 heavy (non-hydrogen) atoms. The normalized spacial score (nSPS) is 10.7. The van der Waals surface area contributed by atoms with E-state index in [1.165, 1.54) is 5.56 Å². The first-order valence-corrected chi connectivity index (χ1v) is 10.2. The number of methoxy groups -OCH3 is 1. The van der Waals surface area contributed by atoms with E-state index in [-0.39, 0.29) is 5.91 Å². The van der Waals surface area contributed by atoms with E-state index in [1.807, 2.05) is 68.4 Å². The Hall–Kier alpha value is -3.79. The standard InChI is InChI=1S/C27H25NO3/c1-18-11-13-23(15-19(18)2)28-27(29)21-12-14-25(30-3)22(16-21)17-31-26-10-6-8-20-7-4-5-9-24(20)26/h4-16H,17H2,1-3H3,(H,28,29). The first-order chi connectivity index (χ1) is 15.0. The van der Waals surface area contributed by atoms with Gasteiger partial charge in [0.25, 0.3) is 5.91 Å².